The largest absolute Gasteiger partial charge is 0.497 e. The maximum absolute atomic E-state index is 13.4. The van der Waals surface area contributed by atoms with Gasteiger partial charge in [0, 0.05) is 12.6 Å². The Labute approximate surface area is 315 Å². The molecule has 280 valence electrons. The molecule has 2 aromatic carbocycles. The number of ether oxygens (including phenoxy) is 5. The number of nitrogens with zero attached hydrogens (tertiary/aromatic N) is 5. The van der Waals surface area contributed by atoms with Crippen molar-refractivity contribution in [3.63, 3.8) is 0 Å². The van der Waals surface area contributed by atoms with E-state index in [2.05, 4.69) is 35.6 Å². The van der Waals surface area contributed by atoms with E-state index in [9.17, 15) is 9.59 Å². The summed E-state index contributed by atoms with van der Waals surface area (Å²) in [4.78, 5) is 29.3. The first-order chi connectivity index (χ1) is 25.8. The van der Waals surface area contributed by atoms with Crippen LogP contribution < -0.4 is 9.47 Å². The molecule has 53 heavy (non-hydrogen) atoms. The van der Waals surface area contributed by atoms with E-state index in [-0.39, 0.29) is 40.7 Å². The molecule has 2 heterocycles. The van der Waals surface area contributed by atoms with E-state index in [1.165, 1.54) is 12.0 Å². The lowest BCUT2D eigenvalue weighted by molar-refractivity contribution is -0.154. The predicted octanol–water partition coefficient (Wildman–Crippen LogP) is 7.11. The van der Waals surface area contributed by atoms with Crippen molar-refractivity contribution in [1.29, 1.82) is 0 Å². The standard InChI is InChI=1S/C40H46ClN5O7/c1-6-25(7-2)24-52-39(47)34-22-29-21-32(20-15-28(29)23-45(34)40(48)51-5)53-35-10-8-9-33(41)36(35)38-42-44-46(43-38)37(26-11-16-30(49-3)17-12-26)27-13-18-31(50-4)19-14-27/h10-14,16-19,25,28-29,32,34,37H,6-7,15,20-24H2,1-5H3/t28-,29+,32-,34-/m0/s1. The molecule has 1 aliphatic heterocycles. The molecule has 3 aromatic rings. The summed E-state index contributed by atoms with van der Waals surface area (Å²) in [5, 5.41) is 14.0. The zero-order valence-electron chi connectivity index (χ0n) is 30.8. The van der Waals surface area contributed by atoms with Gasteiger partial charge in [0.15, 0.2) is 0 Å². The molecule has 0 radical (unpaired) electrons. The first kappa shape index (κ1) is 37.7. The van der Waals surface area contributed by atoms with Crippen molar-refractivity contribution in [1.82, 2.24) is 25.1 Å². The number of carbonyl (C=O) groups is 2. The molecule has 0 bridgehead atoms. The van der Waals surface area contributed by atoms with E-state index in [4.69, 9.17) is 40.4 Å². The van der Waals surface area contributed by atoms with Crippen LogP contribution in [0.3, 0.4) is 0 Å². The molecule has 0 N–H and O–H groups in total. The lowest BCUT2D eigenvalue weighted by Gasteiger charge is -2.46. The van der Waals surface area contributed by atoms with Gasteiger partial charge in [-0.05, 0) is 89.8 Å². The number of likely N-dealkylation sites (tertiary alicyclic amines) is 1. The quantitative estimate of drug-likeness (QED) is 0.132. The Morgan fingerprint density at radius 2 is 1.58 bits per heavy atom. The molecule has 1 saturated carbocycles. The Morgan fingerprint density at radius 3 is 2.19 bits per heavy atom. The van der Waals surface area contributed by atoms with Gasteiger partial charge in [-0.25, -0.2) is 9.59 Å². The zero-order valence-corrected chi connectivity index (χ0v) is 31.5. The zero-order chi connectivity index (χ0) is 37.5. The number of fused-ring (bicyclic) bond motifs is 1. The van der Waals surface area contributed by atoms with Gasteiger partial charge in [-0.1, -0.05) is 68.3 Å². The van der Waals surface area contributed by atoms with Gasteiger partial charge >= 0.3 is 12.1 Å². The Hall–Kier alpha value is -5.02. The summed E-state index contributed by atoms with van der Waals surface area (Å²) in [5.41, 5.74) is 8.19. The van der Waals surface area contributed by atoms with Crippen molar-refractivity contribution < 1.29 is 33.3 Å². The summed E-state index contributed by atoms with van der Waals surface area (Å²) in [5.74, 6) is 2.43. The van der Waals surface area contributed by atoms with E-state index in [0.717, 1.165) is 48.3 Å². The van der Waals surface area contributed by atoms with Gasteiger partial charge in [-0.2, -0.15) is 4.80 Å². The minimum Gasteiger partial charge on any atom is -0.497 e. The number of piperidine rings is 1. The molecular weight excluding hydrogens is 698 g/mol. The molecule has 1 amide bonds. The number of benzene rings is 2. The molecule has 2 fully saturated rings. The number of allylic oxidation sites excluding steroid dienone is 3. The predicted molar refractivity (Wildman–Crippen MR) is 197 cm³/mol. The van der Waals surface area contributed by atoms with Crippen molar-refractivity contribution in [3.05, 3.63) is 93.8 Å². The first-order valence-corrected chi connectivity index (χ1v) is 18.5. The van der Waals surface area contributed by atoms with Crippen LogP contribution in [0.4, 0.5) is 4.79 Å². The number of aromatic nitrogens is 4. The number of methoxy groups -OCH3 is 3. The Balaban J connectivity index is 1.23. The summed E-state index contributed by atoms with van der Waals surface area (Å²) in [7, 11) is 4.60. The Kier molecular flexibility index (Phi) is 12.2. The van der Waals surface area contributed by atoms with Crippen LogP contribution in [-0.2, 0) is 19.0 Å². The van der Waals surface area contributed by atoms with Crippen molar-refractivity contribution in [2.75, 3.05) is 34.5 Å². The maximum Gasteiger partial charge on any atom is 0.410 e. The van der Waals surface area contributed by atoms with Crippen LogP contribution in [0.1, 0.15) is 75.4 Å². The average Bonchev–Trinajstić information content (AvgIpc) is 3.67. The fraction of sp³-hybridized carbons (Fsp3) is 0.475. The van der Waals surface area contributed by atoms with E-state index in [0.29, 0.717) is 37.3 Å². The lowest BCUT2D eigenvalue weighted by Crippen LogP contribution is -2.55. The third-order valence-electron chi connectivity index (χ3n) is 10.6. The molecule has 13 heteroatoms. The molecule has 4 atom stereocenters. The van der Waals surface area contributed by atoms with Gasteiger partial charge in [0.05, 0.1) is 39.6 Å². The highest BCUT2D eigenvalue weighted by molar-refractivity contribution is 6.37. The van der Waals surface area contributed by atoms with Crippen molar-refractivity contribution >= 4 is 29.2 Å². The lowest BCUT2D eigenvalue weighted by atomic mass is 9.72. The van der Waals surface area contributed by atoms with Crippen LogP contribution >= 0.6 is 11.6 Å². The average molecular weight is 744 g/mol. The molecule has 12 nitrogen and oxygen atoms in total. The number of carbonyl (C=O) groups excluding carboxylic acids is 2. The van der Waals surface area contributed by atoms with Crippen LogP contribution in [0.15, 0.2) is 76.9 Å². The molecule has 0 unspecified atom stereocenters. The SMILES string of the molecule is CCC(CC)COC(=O)[C@@H]1C[C@H]2C[C@@H](OC3=C(c4nnn(C(c5ccc(OC)cc5)c5ccc(OC)cc5)n4)C(Cl)=C=C=C3)CC[C@H]2CN1C(=O)OC. The topological polar surface area (TPSA) is 127 Å². The van der Waals surface area contributed by atoms with Gasteiger partial charge in [0.2, 0.25) is 5.82 Å². The summed E-state index contributed by atoms with van der Waals surface area (Å²) in [6.45, 7) is 4.92. The van der Waals surface area contributed by atoms with E-state index in [1.54, 1.807) is 25.1 Å². The minimum absolute atomic E-state index is 0.132. The van der Waals surface area contributed by atoms with Gasteiger partial charge in [-0.3, -0.25) is 4.90 Å². The number of rotatable bonds is 13. The number of hydrogen-bond donors (Lipinski definition) is 0. The second kappa shape index (κ2) is 17.2. The van der Waals surface area contributed by atoms with Gasteiger partial charge in [0.25, 0.3) is 0 Å². The normalized spacial score (nSPS) is 21.0. The van der Waals surface area contributed by atoms with Crippen LogP contribution in [0.2, 0.25) is 0 Å². The molecular formula is C40H46ClN5O7. The van der Waals surface area contributed by atoms with Crippen LogP contribution in [-0.4, -0.2) is 83.8 Å². The van der Waals surface area contributed by atoms with Crippen LogP contribution in [0.5, 0.6) is 11.5 Å². The number of halogens is 1. The Bertz CT molecular complexity index is 1840. The van der Waals surface area contributed by atoms with Gasteiger partial charge in [-0.15, -0.1) is 10.2 Å². The monoisotopic (exact) mass is 743 g/mol. The van der Waals surface area contributed by atoms with Crippen LogP contribution in [0, 0.1) is 17.8 Å². The highest BCUT2D eigenvalue weighted by Gasteiger charge is 2.45. The number of amides is 1. The number of tetrazole rings is 1. The third-order valence-corrected chi connectivity index (χ3v) is 10.9. The third kappa shape index (κ3) is 8.46. The van der Waals surface area contributed by atoms with E-state index in [1.807, 2.05) is 48.5 Å². The fourth-order valence-corrected chi connectivity index (χ4v) is 7.66. The Morgan fingerprint density at radius 1 is 0.925 bits per heavy atom. The molecule has 1 saturated heterocycles. The van der Waals surface area contributed by atoms with Crippen molar-refractivity contribution in [2.24, 2.45) is 17.8 Å². The summed E-state index contributed by atoms with van der Waals surface area (Å²) in [6.07, 6.45) is 5.53. The van der Waals surface area contributed by atoms with Gasteiger partial charge in [0.1, 0.15) is 34.4 Å². The second-order valence-corrected chi connectivity index (χ2v) is 14.0. The van der Waals surface area contributed by atoms with E-state index >= 15 is 0 Å². The fourth-order valence-electron chi connectivity index (χ4n) is 7.43. The molecule has 0 spiro atoms. The molecule has 2 aliphatic carbocycles. The first-order valence-electron chi connectivity index (χ1n) is 18.1. The number of hydrogen-bond acceptors (Lipinski definition) is 10. The van der Waals surface area contributed by atoms with Gasteiger partial charge < -0.3 is 23.7 Å². The van der Waals surface area contributed by atoms with E-state index < -0.39 is 18.2 Å². The summed E-state index contributed by atoms with van der Waals surface area (Å²) >= 11 is 6.76. The smallest absolute Gasteiger partial charge is 0.410 e. The molecule has 3 aliphatic rings. The van der Waals surface area contributed by atoms with Crippen molar-refractivity contribution in [2.45, 2.75) is 70.6 Å². The molecule has 1 aromatic heterocycles. The van der Waals surface area contributed by atoms with Crippen molar-refractivity contribution in [3.8, 4) is 11.5 Å². The highest BCUT2D eigenvalue weighted by Crippen LogP contribution is 2.42. The summed E-state index contributed by atoms with van der Waals surface area (Å²) < 4.78 is 28.3. The minimum atomic E-state index is -0.718. The highest BCUT2D eigenvalue weighted by atomic mass is 35.5. The number of esters is 1. The molecule has 6 rings (SSSR count). The maximum atomic E-state index is 13.4. The second-order valence-electron chi connectivity index (χ2n) is 13.6. The summed E-state index contributed by atoms with van der Waals surface area (Å²) in [6, 6.07) is 14.3. The van der Waals surface area contributed by atoms with Crippen LogP contribution in [0.25, 0.3) is 5.57 Å².